The minimum atomic E-state index is -0.0706. The van der Waals surface area contributed by atoms with Crippen LogP contribution in [-0.4, -0.2) is 11.6 Å². The van der Waals surface area contributed by atoms with Gasteiger partial charge < -0.3 is 13.3 Å². The van der Waals surface area contributed by atoms with Crippen LogP contribution >= 0.6 is 0 Å². The molecule has 0 radical (unpaired) electrons. The largest absolute Gasteiger partial charge is 0.464 e. The van der Waals surface area contributed by atoms with Crippen LogP contribution in [0.5, 0.6) is 0 Å². The summed E-state index contributed by atoms with van der Waals surface area (Å²) in [6, 6.07) is 49.9. The summed E-state index contributed by atoms with van der Waals surface area (Å²) in [5.74, 6) is 2.06. The van der Waals surface area contributed by atoms with E-state index in [1.165, 1.54) is 0 Å². The molecule has 262 valence electrons. The number of hydrogen-bond donors (Lipinski definition) is 0. The Morgan fingerprint density at radius 3 is 0.909 bits per heavy atom. The highest BCUT2D eigenvalue weighted by molar-refractivity contribution is 6.45. The molecule has 7 aromatic rings. The second-order valence-electron chi connectivity index (χ2n) is 13.1. The predicted octanol–water partition coefficient (Wildman–Crippen LogP) is 11.6. The van der Waals surface area contributed by atoms with Crippen LogP contribution in [0.2, 0.25) is 0 Å². The monoisotopic (exact) mass is 712 g/mol. The summed E-state index contributed by atoms with van der Waals surface area (Å²) in [5, 5.41) is 0. The van der Waals surface area contributed by atoms with Crippen LogP contribution in [0.3, 0.4) is 0 Å². The maximum absolute atomic E-state index is 14.1. The zero-order valence-corrected chi connectivity index (χ0v) is 29.5. The average Bonchev–Trinajstić information content (AvgIpc) is 4.06. The molecule has 0 atom stereocenters. The van der Waals surface area contributed by atoms with Crippen molar-refractivity contribution in [2.45, 2.75) is 0 Å². The van der Waals surface area contributed by atoms with Crippen molar-refractivity contribution in [3.05, 3.63) is 251 Å². The van der Waals surface area contributed by atoms with E-state index in [1.807, 2.05) is 182 Å². The Bertz CT molecular complexity index is 2400. The molecule has 2 aliphatic rings. The van der Waals surface area contributed by atoms with Crippen LogP contribution in [-0.2, 0) is 9.59 Å². The molecular formula is C50H32O5. The minimum Gasteiger partial charge on any atom is -0.464 e. The van der Waals surface area contributed by atoms with Gasteiger partial charge in [0.25, 0.3) is 0 Å². The number of furan rings is 3. The van der Waals surface area contributed by atoms with Gasteiger partial charge >= 0.3 is 0 Å². The number of carbonyl (C=O) groups excluding carboxylic acids is 2. The van der Waals surface area contributed by atoms with Crippen molar-refractivity contribution >= 4 is 45.0 Å². The van der Waals surface area contributed by atoms with Crippen molar-refractivity contribution in [1.82, 2.24) is 0 Å². The number of Topliss-reactive ketones (excluding diaryl/α,β-unsaturated/α-hetero) is 2. The average molecular weight is 713 g/mol. The van der Waals surface area contributed by atoms with Gasteiger partial charge in [-0.15, -0.1) is 0 Å². The molecule has 0 unspecified atom stereocenters. The predicted molar refractivity (Wildman–Crippen MR) is 216 cm³/mol. The fraction of sp³-hybridized carbons (Fsp3) is 0. The van der Waals surface area contributed by atoms with E-state index in [0.29, 0.717) is 56.5 Å². The minimum absolute atomic E-state index is 0.0706. The number of hydrogen-bond acceptors (Lipinski definition) is 5. The summed E-state index contributed by atoms with van der Waals surface area (Å²) in [4.78, 5) is 28.3. The summed E-state index contributed by atoms with van der Waals surface area (Å²) >= 11 is 0. The molecular weight excluding hydrogens is 681 g/mol. The molecule has 0 N–H and O–H groups in total. The van der Waals surface area contributed by atoms with Gasteiger partial charge in [0.15, 0.2) is 11.6 Å². The number of allylic oxidation sites excluding steroid dienone is 10. The van der Waals surface area contributed by atoms with Gasteiger partial charge in [0.2, 0.25) is 0 Å². The summed E-state index contributed by atoms with van der Waals surface area (Å²) in [6.07, 6.45) is 10.9. The Kier molecular flexibility index (Phi) is 8.79. The summed E-state index contributed by atoms with van der Waals surface area (Å²) in [7, 11) is 0. The zero-order valence-electron chi connectivity index (χ0n) is 29.5. The van der Waals surface area contributed by atoms with Gasteiger partial charge in [-0.1, -0.05) is 121 Å². The van der Waals surface area contributed by atoms with E-state index in [1.54, 1.807) is 12.5 Å². The Labute approximate surface area is 317 Å². The molecule has 9 rings (SSSR count). The van der Waals surface area contributed by atoms with Gasteiger partial charge in [-0.05, 0) is 94.1 Å². The second-order valence-corrected chi connectivity index (χ2v) is 13.1. The van der Waals surface area contributed by atoms with Crippen LogP contribution in [0.15, 0.2) is 219 Å². The van der Waals surface area contributed by atoms with E-state index >= 15 is 0 Å². The molecule has 4 aromatic carbocycles. The summed E-state index contributed by atoms with van der Waals surface area (Å²) in [5.41, 5.74) is 8.35. The number of benzene rings is 4. The molecule has 2 aliphatic carbocycles. The van der Waals surface area contributed by atoms with Crippen molar-refractivity contribution in [1.29, 1.82) is 0 Å². The standard InChI is InChI=1S/C50H32O5/c51-49-39(33-15-5-1-6-16-33)29-37(30-40(49)34-17-7-2-8-18-34)47(43-23-13-27-53-43)45-25-26-46(55-45)48(44-24-14-28-54-44)38-31-41(35-19-9-3-10-20-35)50(52)42(32-38)36-21-11-4-12-22-36/h1-32H. The molecule has 5 heteroatoms. The molecule has 0 aliphatic heterocycles. The fourth-order valence-electron chi connectivity index (χ4n) is 7.14. The second kappa shape index (κ2) is 14.5. The highest BCUT2D eigenvalue weighted by Gasteiger charge is 2.29. The Morgan fingerprint density at radius 2 is 0.636 bits per heavy atom. The third-order valence-corrected chi connectivity index (χ3v) is 9.73. The molecule has 55 heavy (non-hydrogen) atoms. The van der Waals surface area contributed by atoms with Crippen molar-refractivity contribution in [3.8, 4) is 0 Å². The van der Waals surface area contributed by atoms with Crippen molar-refractivity contribution in [2.24, 2.45) is 0 Å². The number of rotatable bonds is 8. The van der Waals surface area contributed by atoms with Gasteiger partial charge in [-0.3, -0.25) is 9.59 Å². The Balaban J connectivity index is 1.27. The van der Waals surface area contributed by atoms with Gasteiger partial charge in [0, 0.05) is 22.3 Å². The number of carbonyl (C=O) groups is 2. The lowest BCUT2D eigenvalue weighted by Crippen LogP contribution is -2.10. The SMILES string of the molecule is O=C1C(c2ccccc2)=CC(=C(c2ccco2)c2ccc(C(=C3C=C(c4ccccc4)C(=O)C(c4ccccc4)=C3)c3ccco3)o2)C=C1c1ccccc1. The van der Waals surface area contributed by atoms with E-state index in [-0.39, 0.29) is 11.6 Å². The van der Waals surface area contributed by atoms with Crippen molar-refractivity contribution in [3.63, 3.8) is 0 Å². The fourth-order valence-corrected chi connectivity index (χ4v) is 7.14. The van der Waals surface area contributed by atoms with Gasteiger partial charge in [-0.25, -0.2) is 0 Å². The highest BCUT2D eigenvalue weighted by atomic mass is 16.4. The molecule has 0 spiro atoms. The lowest BCUT2D eigenvalue weighted by molar-refractivity contribution is -0.109. The highest BCUT2D eigenvalue weighted by Crippen LogP contribution is 2.42. The molecule has 0 saturated carbocycles. The smallest absolute Gasteiger partial charge is 0.194 e. The molecule has 0 amide bonds. The van der Waals surface area contributed by atoms with E-state index < -0.39 is 0 Å². The third-order valence-electron chi connectivity index (χ3n) is 9.73. The van der Waals surface area contributed by atoms with Crippen molar-refractivity contribution in [2.75, 3.05) is 0 Å². The first-order valence-corrected chi connectivity index (χ1v) is 18.0. The lowest BCUT2D eigenvalue weighted by Gasteiger charge is -2.19. The molecule has 0 bridgehead atoms. The van der Waals surface area contributed by atoms with E-state index in [0.717, 1.165) is 33.4 Å². The van der Waals surface area contributed by atoms with E-state index in [9.17, 15) is 9.59 Å². The molecule has 3 heterocycles. The van der Waals surface area contributed by atoms with Gasteiger partial charge in [-0.2, -0.15) is 0 Å². The maximum atomic E-state index is 14.1. The van der Waals surface area contributed by atoms with E-state index in [4.69, 9.17) is 13.3 Å². The van der Waals surface area contributed by atoms with Gasteiger partial charge in [0.05, 0.1) is 23.7 Å². The number of ketones is 2. The van der Waals surface area contributed by atoms with Crippen LogP contribution in [0.25, 0.3) is 33.4 Å². The lowest BCUT2D eigenvalue weighted by atomic mass is 9.84. The first-order valence-electron chi connectivity index (χ1n) is 18.0. The Hall–Kier alpha value is -7.50. The molecule has 5 nitrogen and oxygen atoms in total. The normalized spacial score (nSPS) is 14.3. The van der Waals surface area contributed by atoms with Crippen molar-refractivity contribution < 1.29 is 22.8 Å². The van der Waals surface area contributed by atoms with Crippen LogP contribution in [0.1, 0.15) is 45.3 Å². The van der Waals surface area contributed by atoms with Crippen LogP contribution < -0.4 is 0 Å². The first kappa shape index (κ1) is 33.3. The van der Waals surface area contributed by atoms with Crippen LogP contribution in [0, 0.1) is 0 Å². The summed E-state index contributed by atoms with van der Waals surface area (Å²) in [6.45, 7) is 0. The topological polar surface area (TPSA) is 73.6 Å². The molecule has 0 saturated heterocycles. The maximum Gasteiger partial charge on any atom is 0.194 e. The zero-order chi connectivity index (χ0) is 37.1. The molecule has 3 aromatic heterocycles. The molecule has 0 fully saturated rings. The quantitative estimate of drug-likeness (QED) is 0.157. The Morgan fingerprint density at radius 1 is 0.327 bits per heavy atom. The van der Waals surface area contributed by atoms with Gasteiger partial charge in [0.1, 0.15) is 23.0 Å². The third kappa shape index (κ3) is 6.45. The summed E-state index contributed by atoms with van der Waals surface area (Å²) < 4.78 is 19.0. The van der Waals surface area contributed by atoms with Crippen LogP contribution in [0.4, 0.5) is 0 Å². The first-order chi connectivity index (χ1) is 27.1. The van der Waals surface area contributed by atoms with E-state index in [2.05, 4.69) is 0 Å².